The topological polar surface area (TPSA) is 36.4 Å². The quantitative estimate of drug-likeness (QED) is 0.616. The van der Waals surface area contributed by atoms with Gasteiger partial charge in [-0.1, -0.05) is 30.3 Å². The highest BCUT2D eigenvalue weighted by molar-refractivity contribution is 5.79. The molecule has 0 amide bonds. The van der Waals surface area contributed by atoms with Crippen LogP contribution in [0.2, 0.25) is 0 Å². The fourth-order valence-corrected chi connectivity index (χ4v) is 2.98. The van der Waals surface area contributed by atoms with Crippen LogP contribution in [0.3, 0.4) is 0 Å². The minimum Gasteiger partial charge on any atom is -0.356 e. The second kappa shape index (κ2) is 6.29. The van der Waals surface area contributed by atoms with Crippen LogP contribution in [0.25, 0.3) is 0 Å². The number of rotatable bonds is 6. The van der Waals surface area contributed by atoms with Crippen molar-refractivity contribution in [3.8, 4) is 0 Å². The maximum atomic E-state index is 4.33. The lowest BCUT2D eigenvalue weighted by Gasteiger charge is -2.18. The molecule has 0 heterocycles. The molecule has 108 valence electrons. The summed E-state index contributed by atoms with van der Waals surface area (Å²) in [6.07, 6.45) is 5.77. The molecule has 3 rings (SSSR count). The molecule has 0 aliphatic heterocycles. The third kappa shape index (κ3) is 3.75. The smallest absolute Gasteiger partial charge is 0.191 e. The molecule has 3 nitrogen and oxygen atoms in total. The highest BCUT2D eigenvalue weighted by Crippen LogP contribution is 2.48. The zero-order valence-electron chi connectivity index (χ0n) is 12.3. The predicted molar refractivity (Wildman–Crippen MR) is 83.6 cm³/mol. The number of nitrogens with zero attached hydrogens (tertiary/aromatic N) is 1. The number of benzene rings is 1. The van der Waals surface area contributed by atoms with Gasteiger partial charge in [0, 0.05) is 20.1 Å². The van der Waals surface area contributed by atoms with Crippen molar-refractivity contribution in [1.29, 1.82) is 0 Å². The van der Waals surface area contributed by atoms with Crippen LogP contribution < -0.4 is 10.6 Å². The minimum atomic E-state index is 0.831. The van der Waals surface area contributed by atoms with Gasteiger partial charge < -0.3 is 10.6 Å². The molecule has 20 heavy (non-hydrogen) atoms. The summed E-state index contributed by atoms with van der Waals surface area (Å²) in [6, 6.07) is 10.5. The van der Waals surface area contributed by atoms with Gasteiger partial charge in [0.1, 0.15) is 0 Å². The molecule has 1 aromatic rings. The van der Waals surface area contributed by atoms with Crippen molar-refractivity contribution in [1.82, 2.24) is 10.6 Å². The van der Waals surface area contributed by atoms with E-state index in [1.54, 1.807) is 0 Å². The van der Waals surface area contributed by atoms with Gasteiger partial charge >= 0.3 is 0 Å². The van der Waals surface area contributed by atoms with Gasteiger partial charge in [-0.15, -0.1) is 0 Å². The van der Waals surface area contributed by atoms with Crippen molar-refractivity contribution in [2.24, 2.45) is 22.7 Å². The highest BCUT2D eigenvalue weighted by Gasteiger charge is 2.41. The van der Waals surface area contributed by atoms with E-state index in [-0.39, 0.29) is 0 Å². The first-order valence-corrected chi connectivity index (χ1v) is 7.85. The summed E-state index contributed by atoms with van der Waals surface area (Å²) in [5.41, 5.74) is 1.29. The molecule has 0 bridgehead atoms. The average molecular weight is 271 g/mol. The highest BCUT2D eigenvalue weighted by atomic mass is 15.2. The lowest BCUT2D eigenvalue weighted by atomic mass is 9.98. The molecule has 0 unspecified atom stereocenters. The molecule has 2 saturated carbocycles. The third-order valence-corrected chi connectivity index (χ3v) is 4.49. The van der Waals surface area contributed by atoms with Crippen LogP contribution in [-0.4, -0.2) is 19.6 Å². The molecule has 0 atom stereocenters. The zero-order chi connectivity index (χ0) is 13.8. The number of aliphatic imine (C=N–C) groups is 1. The van der Waals surface area contributed by atoms with Gasteiger partial charge in [0.15, 0.2) is 5.96 Å². The fraction of sp³-hybridized carbons (Fsp3) is 0.588. The summed E-state index contributed by atoms with van der Waals surface area (Å²) >= 11 is 0. The van der Waals surface area contributed by atoms with Crippen molar-refractivity contribution in [3.63, 3.8) is 0 Å². The average Bonchev–Trinajstić information content (AvgIpc) is 3.37. The molecule has 3 heteroatoms. The van der Waals surface area contributed by atoms with Crippen molar-refractivity contribution in [2.45, 2.75) is 32.2 Å². The number of guanidine groups is 1. The van der Waals surface area contributed by atoms with Crippen molar-refractivity contribution in [2.75, 3.05) is 13.6 Å². The summed E-state index contributed by atoms with van der Waals surface area (Å²) in [7, 11) is 1.85. The molecule has 0 spiro atoms. The maximum Gasteiger partial charge on any atom is 0.191 e. The zero-order valence-corrected chi connectivity index (χ0v) is 12.3. The van der Waals surface area contributed by atoms with E-state index < -0.39 is 0 Å². The molecule has 2 aliphatic rings. The van der Waals surface area contributed by atoms with Gasteiger partial charge in [-0.3, -0.25) is 4.99 Å². The molecular weight excluding hydrogens is 246 g/mol. The summed E-state index contributed by atoms with van der Waals surface area (Å²) in [6.45, 7) is 1.92. The Labute approximate surface area is 121 Å². The Morgan fingerprint density at radius 1 is 1.10 bits per heavy atom. The van der Waals surface area contributed by atoms with Crippen LogP contribution in [0.5, 0.6) is 0 Å². The van der Waals surface area contributed by atoms with Crippen LogP contribution in [0.15, 0.2) is 35.3 Å². The van der Waals surface area contributed by atoms with Gasteiger partial charge in [0.25, 0.3) is 0 Å². The van der Waals surface area contributed by atoms with Gasteiger partial charge in [-0.05, 0) is 49.0 Å². The number of nitrogens with one attached hydrogen (secondary N) is 2. The lowest BCUT2D eigenvalue weighted by Crippen LogP contribution is -2.40. The van der Waals surface area contributed by atoms with Crippen molar-refractivity contribution >= 4 is 5.96 Å². The van der Waals surface area contributed by atoms with Crippen molar-refractivity contribution in [3.05, 3.63) is 35.9 Å². The number of hydrogen-bond donors (Lipinski definition) is 2. The van der Waals surface area contributed by atoms with Crippen LogP contribution in [0.4, 0.5) is 0 Å². The van der Waals surface area contributed by atoms with E-state index in [2.05, 4.69) is 39.9 Å². The Hall–Kier alpha value is -1.51. The maximum absolute atomic E-state index is 4.33. The first kappa shape index (κ1) is 13.5. The summed E-state index contributed by atoms with van der Waals surface area (Å²) in [4.78, 5) is 4.33. The molecule has 0 radical (unpaired) electrons. The molecule has 2 aliphatic carbocycles. The normalized spacial score (nSPS) is 19.2. The first-order valence-electron chi connectivity index (χ1n) is 7.85. The molecule has 0 aromatic heterocycles. The van der Waals surface area contributed by atoms with E-state index in [1.807, 2.05) is 13.1 Å². The van der Waals surface area contributed by atoms with Gasteiger partial charge in [-0.25, -0.2) is 0 Å². The van der Waals surface area contributed by atoms with Crippen LogP contribution in [-0.2, 0) is 6.54 Å². The SMILES string of the molecule is CN=C(NCc1ccccc1)NCC(C1CC1)C1CC1. The molecule has 2 fully saturated rings. The van der Waals surface area contributed by atoms with Gasteiger partial charge in [0.05, 0.1) is 0 Å². The monoisotopic (exact) mass is 271 g/mol. The van der Waals surface area contributed by atoms with E-state index in [0.717, 1.165) is 36.8 Å². The lowest BCUT2D eigenvalue weighted by molar-refractivity contribution is 0.400. The number of hydrogen-bond acceptors (Lipinski definition) is 1. The van der Waals surface area contributed by atoms with Crippen LogP contribution >= 0.6 is 0 Å². The van der Waals surface area contributed by atoms with E-state index >= 15 is 0 Å². The molecular formula is C17H25N3. The summed E-state index contributed by atoms with van der Waals surface area (Å²) in [5.74, 6) is 3.79. The van der Waals surface area contributed by atoms with Gasteiger partial charge in [0.2, 0.25) is 0 Å². The largest absolute Gasteiger partial charge is 0.356 e. The van der Waals surface area contributed by atoms with E-state index in [1.165, 1.54) is 31.2 Å². The summed E-state index contributed by atoms with van der Waals surface area (Å²) < 4.78 is 0. The summed E-state index contributed by atoms with van der Waals surface area (Å²) in [5, 5.41) is 6.92. The van der Waals surface area contributed by atoms with E-state index in [4.69, 9.17) is 0 Å². The van der Waals surface area contributed by atoms with Crippen molar-refractivity contribution < 1.29 is 0 Å². The molecule has 2 N–H and O–H groups in total. The van der Waals surface area contributed by atoms with Crippen LogP contribution in [0, 0.1) is 17.8 Å². The standard InChI is InChI=1S/C17H25N3/c1-18-17(19-11-13-5-3-2-4-6-13)20-12-16(14-7-8-14)15-9-10-15/h2-6,14-16H,7-12H2,1H3,(H2,18,19,20). The Kier molecular flexibility index (Phi) is 4.24. The predicted octanol–water partition coefficient (Wildman–Crippen LogP) is 2.79. The van der Waals surface area contributed by atoms with E-state index in [0.29, 0.717) is 0 Å². The molecule has 0 saturated heterocycles. The Bertz CT molecular complexity index is 435. The van der Waals surface area contributed by atoms with Gasteiger partial charge in [-0.2, -0.15) is 0 Å². The minimum absolute atomic E-state index is 0.831. The Balaban J connectivity index is 1.45. The van der Waals surface area contributed by atoms with Crippen LogP contribution in [0.1, 0.15) is 31.2 Å². The second-order valence-corrected chi connectivity index (χ2v) is 6.13. The first-order chi connectivity index (χ1) is 9.86. The third-order valence-electron chi connectivity index (χ3n) is 4.49. The fourth-order valence-electron chi connectivity index (χ4n) is 2.98. The Morgan fingerprint density at radius 2 is 1.75 bits per heavy atom. The Morgan fingerprint density at radius 3 is 2.30 bits per heavy atom. The van der Waals surface area contributed by atoms with E-state index in [9.17, 15) is 0 Å². The second-order valence-electron chi connectivity index (χ2n) is 6.13. The molecule has 1 aromatic carbocycles.